The SMILES string of the molecule is CC(=O)C1C2C(=O)N(CCc3ccccc3)C(=O)C2C2c3ccccc3C=CN12. The van der Waals surface area contributed by atoms with E-state index < -0.39 is 17.9 Å². The standard InChI is InChI=1S/C24H22N2O3/c1-15(27)21-19-20(22-18-10-6-5-9-17(18)12-14-25(21)22)24(29)26(23(19)28)13-11-16-7-3-2-4-8-16/h2-10,12,14,19-22H,11,13H2,1H3. The molecule has 3 aliphatic heterocycles. The van der Waals surface area contributed by atoms with Crippen LogP contribution in [0.2, 0.25) is 0 Å². The Labute approximate surface area is 169 Å². The largest absolute Gasteiger partial charge is 0.359 e. The fraction of sp³-hybridized carbons (Fsp3) is 0.292. The molecule has 4 atom stereocenters. The monoisotopic (exact) mass is 386 g/mol. The van der Waals surface area contributed by atoms with Crippen molar-refractivity contribution in [2.75, 3.05) is 6.54 Å². The van der Waals surface area contributed by atoms with Crippen molar-refractivity contribution in [3.05, 3.63) is 77.5 Å². The first-order valence-electron chi connectivity index (χ1n) is 10.0. The Kier molecular flexibility index (Phi) is 4.12. The lowest BCUT2D eigenvalue weighted by molar-refractivity contribution is -0.142. The molecule has 29 heavy (non-hydrogen) atoms. The maximum absolute atomic E-state index is 13.4. The van der Waals surface area contributed by atoms with Gasteiger partial charge in [-0.2, -0.15) is 0 Å². The van der Waals surface area contributed by atoms with E-state index in [-0.39, 0.29) is 23.6 Å². The number of nitrogens with zero attached hydrogens (tertiary/aromatic N) is 2. The average molecular weight is 386 g/mol. The summed E-state index contributed by atoms with van der Waals surface area (Å²) in [5, 5.41) is 0. The molecule has 0 saturated carbocycles. The minimum absolute atomic E-state index is 0.0717. The van der Waals surface area contributed by atoms with Crippen LogP contribution in [0.5, 0.6) is 0 Å². The molecule has 0 spiro atoms. The second-order valence-electron chi connectivity index (χ2n) is 8.01. The van der Waals surface area contributed by atoms with Crippen LogP contribution in [0.4, 0.5) is 0 Å². The van der Waals surface area contributed by atoms with Crippen molar-refractivity contribution in [2.24, 2.45) is 11.8 Å². The number of likely N-dealkylation sites (tertiary alicyclic amines) is 1. The third kappa shape index (κ3) is 2.64. The molecule has 2 amide bonds. The van der Waals surface area contributed by atoms with Gasteiger partial charge in [-0.05, 0) is 36.1 Å². The van der Waals surface area contributed by atoms with Crippen LogP contribution in [-0.4, -0.2) is 40.0 Å². The van der Waals surface area contributed by atoms with E-state index in [1.165, 1.54) is 11.8 Å². The van der Waals surface area contributed by atoms with Crippen molar-refractivity contribution in [3.8, 4) is 0 Å². The predicted molar refractivity (Wildman–Crippen MR) is 108 cm³/mol. The number of benzene rings is 2. The molecule has 0 radical (unpaired) electrons. The number of Topliss-reactive ketones (excluding diaryl/α,β-unsaturated/α-hetero) is 1. The van der Waals surface area contributed by atoms with Crippen molar-refractivity contribution in [3.63, 3.8) is 0 Å². The number of hydrogen-bond acceptors (Lipinski definition) is 4. The van der Waals surface area contributed by atoms with Crippen LogP contribution in [-0.2, 0) is 20.8 Å². The van der Waals surface area contributed by atoms with Crippen LogP contribution in [0, 0.1) is 11.8 Å². The van der Waals surface area contributed by atoms with Gasteiger partial charge in [-0.15, -0.1) is 0 Å². The van der Waals surface area contributed by atoms with Crippen molar-refractivity contribution in [1.29, 1.82) is 0 Å². The lowest BCUT2D eigenvalue weighted by atomic mass is 9.84. The molecule has 5 rings (SSSR count). The van der Waals surface area contributed by atoms with Gasteiger partial charge in [-0.25, -0.2) is 0 Å². The topological polar surface area (TPSA) is 57.7 Å². The normalized spacial score (nSPS) is 27.1. The average Bonchev–Trinajstić information content (AvgIpc) is 3.21. The van der Waals surface area contributed by atoms with E-state index in [1.807, 2.05) is 71.8 Å². The maximum atomic E-state index is 13.4. The Morgan fingerprint density at radius 3 is 2.38 bits per heavy atom. The predicted octanol–water partition coefficient (Wildman–Crippen LogP) is 2.83. The highest BCUT2D eigenvalue weighted by atomic mass is 16.2. The summed E-state index contributed by atoms with van der Waals surface area (Å²) in [6.45, 7) is 1.87. The molecule has 146 valence electrons. The smallest absolute Gasteiger partial charge is 0.235 e. The first-order valence-corrected chi connectivity index (χ1v) is 10.0. The van der Waals surface area contributed by atoms with Gasteiger partial charge >= 0.3 is 0 Å². The van der Waals surface area contributed by atoms with Gasteiger partial charge < -0.3 is 4.90 Å². The van der Waals surface area contributed by atoms with Gasteiger partial charge in [0.05, 0.1) is 23.9 Å². The lowest BCUT2D eigenvalue weighted by Gasteiger charge is -2.35. The van der Waals surface area contributed by atoms with Crippen molar-refractivity contribution in [1.82, 2.24) is 9.80 Å². The minimum Gasteiger partial charge on any atom is -0.359 e. The van der Waals surface area contributed by atoms with Gasteiger partial charge in [0.1, 0.15) is 0 Å². The summed E-state index contributed by atoms with van der Waals surface area (Å²) >= 11 is 0. The van der Waals surface area contributed by atoms with E-state index >= 15 is 0 Å². The van der Waals surface area contributed by atoms with Gasteiger partial charge in [0.25, 0.3) is 0 Å². The van der Waals surface area contributed by atoms with Crippen LogP contribution < -0.4 is 0 Å². The third-order valence-electron chi connectivity index (χ3n) is 6.44. The number of amides is 2. The van der Waals surface area contributed by atoms with Crippen molar-refractivity contribution in [2.45, 2.75) is 25.4 Å². The van der Waals surface area contributed by atoms with Gasteiger partial charge in [-0.1, -0.05) is 54.6 Å². The molecule has 3 heterocycles. The molecule has 4 unspecified atom stereocenters. The molecular formula is C24H22N2O3. The van der Waals surface area contributed by atoms with Gasteiger partial charge in [-0.3, -0.25) is 19.3 Å². The zero-order chi connectivity index (χ0) is 20.1. The van der Waals surface area contributed by atoms with E-state index in [1.54, 1.807) is 0 Å². The van der Waals surface area contributed by atoms with Gasteiger partial charge in [0.15, 0.2) is 5.78 Å². The Morgan fingerprint density at radius 2 is 1.62 bits per heavy atom. The summed E-state index contributed by atoms with van der Waals surface area (Å²) < 4.78 is 0. The van der Waals surface area contributed by atoms with Gasteiger partial charge in [0.2, 0.25) is 11.8 Å². The van der Waals surface area contributed by atoms with E-state index in [4.69, 9.17) is 0 Å². The molecular weight excluding hydrogens is 364 g/mol. The maximum Gasteiger partial charge on any atom is 0.235 e. The summed E-state index contributed by atoms with van der Waals surface area (Å²) in [4.78, 5) is 42.5. The summed E-state index contributed by atoms with van der Waals surface area (Å²) in [7, 11) is 0. The molecule has 2 aromatic rings. The molecule has 3 aliphatic rings. The summed E-state index contributed by atoms with van der Waals surface area (Å²) in [5.74, 6) is -1.57. The molecule has 0 bridgehead atoms. The number of imide groups is 1. The second-order valence-corrected chi connectivity index (χ2v) is 8.01. The highest BCUT2D eigenvalue weighted by Crippen LogP contribution is 2.52. The number of carbonyl (C=O) groups excluding carboxylic acids is 3. The van der Waals surface area contributed by atoms with E-state index in [0.717, 1.165) is 16.7 Å². The van der Waals surface area contributed by atoms with Crippen LogP contribution in [0.25, 0.3) is 6.08 Å². The lowest BCUT2D eigenvalue weighted by Crippen LogP contribution is -2.43. The Balaban J connectivity index is 1.50. The molecule has 5 heteroatoms. The van der Waals surface area contributed by atoms with Crippen LogP contribution in [0.15, 0.2) is 60.8 Å². The quantitative estimate of drug-likeness (QED) is 0.759. The van der Waals surface area contributed by atoms with Gasteiger partial charge in [0, 0.05) is 12.7 Å². The van der Waals surface area contributed by atoms with Crippen molar-refractivity contribution < 1.29 is 14.4 Å². The zero-order valence-corrected chi connectivity index (χ0v) is 16.2. The number of carbonyl (C=O) groups is 3. The highest BCUT2D eigenvalue weighted by molar-refractivity contribution is 6.09. The first kappa shape index (κ1) is 17.9. The first-order chi connectivity index (χ1) is 14.1. The summed E-state index contributed by atoms with van der Waals surface area (Å²) in [5.41, 5.74) is 3.14. The molecule has 0 aromatic heterocycles. The molecule has 2 fully saturated rings. The third-order valence-corrected chi connectivity index (χ3v) is 6.44. The fourth-order valence-electron chi connectivity index (χ4n) is 5.19. The molecule has 0 N–H and O–H groups in total. The molecule has 5 nitrogen and oxygen atoms in total. The number of ketones is 1. The number of fused-ring (bicyclic) bond motifs is 5. The molecule has 0 aliphatic carbocycles. The minimum atomic E-state index is -0.614. The highest BCUT2D eigenvalue weighted by Gasteiger charge is 2.63. The summed E-state index contributed by atoms with van der Waals surface area (Å²) in [6.07, 6.45) is 4.46. The fourth-order valence-corrected chi connectivity index (χ4v) is 5.19. The second kappa shape index (κ2) is 6.69. The Hall–Kier alpha value is -3.21. The molecule has 2 saturated heterocycles. The van der Waals surface area contributed by atoms with E-state index in [2.05, 4.69) is 0 Å². The number of rotatable bonds is 4. The summed E-state index contributed by atoms with van der Waals surface area (Å²) in [6, 6.07) is 16.9. The van der Waals surface area contributed by atoms with E-state index in [9.17, 15) is 14.4 Å². The van der Waals surface area contributed by atoms with Crippen LogP contribution >= 0.6 is 0 Å². The zero-order valence-electron chi connectivity index (χ0n) is 16.2. The van der Waals surface area contributed by atoms with Crippen molar-refractivity contribution >= 4 is 23.7 Å². The van der Waals surface area contributed by atoms with Crippen LogP contribution in [0.3, 0.4) is 0 Å². The molecule has 2 aromatic carbocycles. The van der Waals surface area contributed by atoms with E-state index in [0.29, 0.717) is 13.0 Å². The Morgan fingerprint density at radius 1 is 0.931 bits per heavy atom. The Bertz CT molecular complexity index is 1030. The van der Waals surface area contributed by atoms with Crippen LogP contribution in [0.1, 0.15) is 29.7 Å². The number of hydrogen-bond donors (Lipinski definition) is 0.